The van der Waals surface area contributed by atoms with Gasteiger partial charge in [0.05, 0.1) is 11.6 Å². The van der Waals surface area contributed by atoms with Crippen LogP contribution in [0.1, 0.15) is 27.8 Å². The highest BCUT2D eigenvalue weighted by Gasteiger charge is 2.09. The standard InChI is InChI=1S/C13H15NOS/c1-8-5-12(6-13(15)14-7-16)11(4)10(3)9(8)2/h5H,6H2,1-4H3. The number of amides is 1. The van der Waals surface area contributed by atoms with Crippen molar-refractivity contribution in [3.8, 4) is 0 Å². The Bertz CT molecular complexity index is 485. The molecule has 0 N–H and O–H groups in total. The number of isothiocyanates is 1. The molecule has 0 atom stereocenters. The summed E-state index contributed by atoms with van der Waals surface area (Å²) in [6.45, 7) is 8.26. The number of rotatable bonds is 2. The summed E-state index contributed by atoms with van der Waals surface area (Å²) in [4.78, 5) is 14.8. The first-order valence-electron chi connectivity index (χ1n) is 5.14. The third-order valence-electron chi connectivity index (χ3n) is 3.10. The Labute approximate surface area is 101 Å². The minimum absolute atomic E-state index is 0.235. The van der Waals surface area contributed by atoms with E-state index in [1.54, 1.807) is 0 Å². The predicted molar refractivity (Wildman–Crippen MR) is 69.1 cm³/mol. The summed E-state index contributed by atoms with van der Waals surface area (Å²) in [7, 11) is 0. The lowest BCUT2D eigenvalue weighted by molar-refractivity contribution is -0.117. The SMILES string of the molecule is Cc1cc(CC(=O)N=C=S)c(C)c(C)c1C. The van der Waals surface area contributed by atoms with Crippen LogP contribution in [0.15, 0.2) is 11.1 Å². The molecule has 1 rings (SSSR count). The summed E-state index contributed by atoms with van der Waals surface area (Å²) in [6, 6.07) is 2.05. The summed E-state index contributed by atoms with van der Waals surface area (Å²) in [5, 5.41) is 2.11. The van der Waals surface area contributed by atoms with Crippen molar-refractivity contribution >= 4 is 23.3 Å². The van der Waals surface area contributed by atoms with E-state index in [4.69, 9.17) is 0 Å². The first kappa shape index (κ1) is 12.8. The van der Waals surface area contributed by atoms with Crippen molar-refractivity contribution in [3.05, 3.63) is 33.9 Å². The molecular weight excluding hydrogens is 218 g/mol. The summed E-state index contributed by atoms with van der Waals surface area (Å²) in [6.07, 6.45) is 0.303. The number of carbonyl (C=O) groups excluding carboxylic acids is 1. The Hall–Kier alpha value is -1.31. The van der Waals surface area contributed by atoms with E-state index in [0.717, 1.165) is 11.1 Å². The molecule has 1 aromatic carbocycles. The Morgan fingerprint density at radius 1 is 1.25 bits per heavy atom. The molecule has 0 aliphatic carbocycles. The molecule has 0 saturated heterocycles. The molecule has 0 fully saturated rings. The number of benzene rings is 1. The lowest BCUT2D eigenvalue weighted by Crippen LogP contribution is -2.04. The number of carbonyl (C=O) groups is 1. The molecule has 1 amide bonds. The molecule has 16 heavy (non-hydrogen) atoms. The monoisotopic (exact) mass is 233 g/mol. The van der Waals surface area contributed by atoms with Crippen molar-refractivity contribution in [3.63, 3.8) is 0 Å². The van der Waals surface area contributed by atoms with Gasteiger partial charge in [-0.1, -0.05) is 6.07 Å². The normalized spacial score (nSPS) is 9.75. The van der Waals surface area contributed by atoms with Crippen molar-refractivity contribution in [2.45, 2.75) is 34.1 Å². The smallest absolute Gasteiger partial charge is 0.258 e. The second kappa shape index (κ2) is 5.15. The molecular formula is C13H15NOS. The maximum absolute atomic E-state index is 11.4. The van der Waals surface area contributed by atoms with Crippen LogP contribution in [0.3, 0.4) is 0 Å². The van der Waals surface area contributed by atoms with Crippen LogP contribution in [0, 0.1) is 27.7 Å². The van der Waals surface area contributed by atoms with Crippen molar-refractivity contribution in [2.75, 3.05) is 0 Å². The van der Waals surface area contributed by atoms with E-state index in [1.165, 1.54) is 16.7 Å². The first-order valence-corrected chi connectivity index (χ1v) is 5.55. The van der Waals surface area contributed by atoms with Crippen LogP contribution < -0.4 is 0 Å². The van der Waals surface area contributed by atoms with Crippen molar-refractivity contribution < 1.29 is 4.79 Å². The van der Waals surface area contributed by atoms with E-state index in [2.05, 4.69) is 49.2 Å². The van der Waals surface area contributed by atoms with E-state index in [-0.39, 0.29) is 5.91 Å². The van der Waals surface area contributed by atoms with Gasteiger partial charge in [-0.2, -0.15) is 4.99 Å². The first-order chi connectivity index (χ1) is 7.47. The third kappa shape index (κ3) is 2.63. The molecule has 0 aromatic heterocycles. The fraction of sp³-hybridized carbons (Fsp3) is 0.385. The van der Waals surface area contributed by atoms with Gasteiger partial charge in [-0.05, 0) is 67.7 Å². The molecule has 0 spiro atoms. The third-order valence-corrected chi connectivity index (χ3v) is 3.19. The summed E-state index contributed by atoms with van der Waals surface area (Å²) < 4.78 is 0. The fourth-order valence-electron chi connectivity index (χ4n) is 1.73. The van der Waals surface area contributed by atoms with Crippen LogP contribution in [0.25, 0.3) is 0 Å². The zero-order valence-electron chi connectivity index (χ0n) is 10.0. The summed E-state index contributed by atoms with van der Waals surface area (Å²) >= 11 is 4.41. The van der Waals surface area contributed by atoms with Gasteiger partial charge in [0.2, 0.25) is 0 Å². The number of thiocarbonyl (C=S) groups is 1. The number of nitrogens with zero attached hydrogens (tertiary/aromatic N) is 1. The van der Waals surface area contributed by atoms with Crippen LogP contribution in [0.5, 0.6) is 0 Å². The lowest BCUT2D eigenvalue weighted by Gasteiger charge is -2.12. The second-order valence-electron chi connectivity index (χ2n) is 4.00. The number of hydrogen-bond donors (Lipinski definition) is 0. The van der Waals surface area contributed by atoms with Crippen molar-refractivity contribution in [2.24, 2.45) is 4.99 Å². The average Bonchev–Trinajstić information content (AvgIpc) is 2.23. The van der Waals surface area contributed by atoms with E-state index < -0.39 is 0 Å². The number of hydrogen-bond acceptors (Lipinski definition) is 2. The van der Waals surface area contributed by atoms with Gasteiger partial charge in [0.15, 0.2) is 0 Å². The maximum atomic E-state index is 11.4. The number of aliphatic imine (C=N–C) groups is 1. The van der Waals surface area contributed by atoms with E-state index in [9.17, 15) is 4.79 Å². The molecule has 1 aromatic rings. The number of aryl methyl sites for hydroxylation is 1. The Kier molecular flexibility index (Phi) is 4.11. The zero-order valence-corrected chi connectivity index (χ0v) is 10.9. The quantitative estimate of drug-likeness (QED) is 0.580. The Morgan fingerprint density at radius 2 is 1.88 bits per heavy atom. The van der Waals surface area contributed by atoms with Crippen LogP contribution in [-0.2, 0) is 11.2 Å². The van der Waals surface area contributed by atoms with E-state index >= 15 is 0 Å². The van der Waals surface area contributed by atoms with Gasteiger partial charge < -0.3 is 0 Å². The van der Waals surface area contributed by atoms with Gasteiger partial charge in [0.25, 0.3) is 5.91 Å². The lowest BCUT2D eigenvalue weighted by atomic mass is 9.93. The molecule has 2 nitrogen and oxygen atoms in total. The molecule has 0 aliphatic rings. The van der Waals surface area contributed by atoms with Gasteiger partial charge in [-0.3, -0.25) is 4.79 Å². The topological polar surface area (TPSA) is 29.4 Å². The van der Waals surface area contributed by atoms with Gasteiger partial charge in [0.1, 0.15) is 0 Å². The Balaban J connectivity index is 3.16. The molecule has 84 valence electrons. The molecule has 0 heterocycles. The molecule has 0 bridgehead atoms. The highest BCUT2D eigenvalue weighted by atomic mass is 32.1. The zero-order chi connectivity index (χ0) is 12.3. The second-order valence-corrected chi connectivity index (χ2v) is 4.18. The molecule has 0 saturated carbocycles. The maximum Gasteiger partial charge on any atom is 0.258 e. The molecule has 0 aliphatic heterocycles. The van der Waals surface area contributed by atoms with Crippen molar-refractivity contribution in [1.82, 2.24) is 0 Å². The highest BCUT2D eigenvalue weighted by Crippen LogP contribution is 2.21. The average molecular weight is 233 g/mol. The molecule has 0 radical (unpaired) electrons. The molecule has 0 unspecified atom stereocenters. The van der Waals surface area contributed by atoms with E-state index in [0.29, 0.717) is 6.42 Å². The van der Waals surface area contributed by atoms with Crippen LogP contribution in [0.4, 0.5) is 0 Å². The predicted octanol–water partition coefficient (Wildman–Crippen LogP) is 3.09. The largest absolute Gasteiger partial charge is 0.271 e. The van der Waals surface area contributed by atoms with Crippen LogP contribution in [0.2, 0.25) is 0 Å². The fourth-order valence-corrected chi connectivity index (χ4v) is 1.83. The Morgan fingerprint density at radius 3 is 2.44 bits per heavy atom. The van der Waals surface area contributed by atoms with Crippen molar-refractivity contribution in [1.29, 1.82) is 0 Å². The minimum atomic E-state index is -0.235. The summed E-state index contributed by atoms with van der Waals surface area (Å²) in [5.41, 5.74) is 5.93. The van der Waals surface area contributed by atoms with Crippen LogP contribution in [-0.4, -0.2) is 11.1 Å². The van der Waals surface area contributed by atoms with E-state index in [1.807, 2.05) is 6.92 Å². The summed E-state index contributed by atoms with van der Waals surface area (Å²) in [5.74, 6) is -0.235. The van der Waals surface area contributed by atoms with Gasteiger partial charge in [0, 0.05) is 0 Å². The van der Waals surface area contributed by atoms with Gasteiger partial charge in [-0.25, -0.2) is 0 Å². The minimum Gasteiger partial charge on any atom is -0.271 e. The van der Waals surface area contributed by atoms with Gasteiger partial charge >= 0.3 is 0 Å². The van der Waals surface area contributed by atoms with Gasteiger partial charge in [-0.15, -0.1) is 0 Å². The molecule has 3 heteroatoms. The van der Waals surface area contributed by atoms with Crippen LogP contribution >= 0.6 is 12.2 Å². The highest BCUT2D eigenvalue weighted by molar-refractivity contribution is 7.78.